The monoisotopic (exact) mass is 1280 g/mol. The van der Waals surface area contributed by atoms with Crippen LogP contribution in [-0.4, -0.2) is 167 Å². The minimum absolute atomic E-state index is 0. The van der Waals surface area contributed by atoms with Crippen LogP contribution in [0.1, 0.15) is 234 Å². The quantitative estimate of drug-likeness (QED) is 0.0185. The molecule has 1 fully saturated rings. The minimum Gasteiger partial charge on any atom is -0.756 e. The van der Waals surface area contributed by atoms with Gasteiger partial charge in [-0.1, -0.05) is 168 Å². The minimum atomic E-state index is -5.38. The molecule has 12 N–H and O–H groups in total. The predicted octanol–water partition coefficient (Wildman–Crippen LogP) is 1.39. The van der Waals surface area contributed by atoms with Gasteiger partial charge in [0.2, 0.25) is 29.5 Å². The van der Waals surface area contributed by atoms with Crippen molar-refractivity contribution in [2.24, 2.45) is 11.5 Å². The van der Waals surface area contributed by atoms with E-state index in [1.165, 1.54) is 103 Å². The average Bonchev–Trinajstić information content (AvgIpc) is 3.65. The zero-order chi connectivity index (χ0) is 63.6. The Hall–Kier alpha value is -3.21. The number of aliphatic hydroxyl groups is 3. The molecule has 0 bridgehead atoms. The van der Waals surface area contributed by atoms with E-state index in [0.29, 0.717) is 12.8 Å². The molecule has 0 aromatic heterocycles. The Bertz CT molecular complexity index is 1980. The molecule has 0 aliphatic carbocycles. The van der Waals surface area contributed by atoms with Gasteiger partial charge in [-0.25, -0.2) is 0 Å². The van der Waals surface area contributed by atoms with Crippen molar-refractivity contribution in [3.05, 3.63) is 0 Å². The van der Waals surface area contributed by atoms with Crippen LogP contribution in [0, 0.1) is 0 Å². The van der Waals surface area contributed by atoms with Crippen LogP contribution in [0.5, 0.6) is 0 Å². The molecule has 1 rings (SSSR count). The van der Waals surface area contributed by atoms with Gasteiger partial charge in [-0.05, 0) is 40.0 Å². The van der Waals surface area contributed by atoms with Gasteiger partial charge in [-0.15, -0.1) is 0 Å². The third kappa shape index (κ3) is 40.3. The number of primary amides is 1. The van der Waals surface area contributed by atoms with E-state index < -0.39 is 156 Å². The Labute approximate surface area is 539 Å². The molecular weight excluding hydrogens is 1170 g/mol. The van der Waals surface area contributed by atoms with Crippen molar-refractivity contribution >= 4 is 55.2 Å². The van der Waals surface area contributed by atoms with Crippen LogP contribution in [0.3, 0.4) is 0 Å². The number of nitrogens with two attached hydrogens (primary N) is 2. The van der Waals surface area contributed by atoms with Gasteiger partial charge in [0.05, 0.1) is 25.9 Å². The molecular formula is C59H110N6NaO20P. The number of esters is 2. The summed E-state index contributed by atoms with van der Waals surface area (Å²) in [5, 5.41) is 38.3. The number of nitrogens with zero attached hydrogens (tertiary/aromatic N) is 1. The molecule has 26 nitrogen and oxygen atoms in total. The fourth-order valence-corrected chi connectivity index (χ4v) is 10.4. The molecule has 1 heterocycles. The van der Waals surface area contributed by atoms with Crippen LogP contribution in [0.15, 0.2) is 0 Å². The van der Waals surface area contributed by atoms with E-state index in [2.05, 4.69) is 29.8 Å². The van der Waals surface area contributed by atoms with Crippen molar-refractivity contribution in [3.8, 4) is 0 Å². The Morgan fingerprint density at radius 1 is 0.678 bits per heavy atom. The molecule has 11 atom stereocenters. The van der Waals surface area contributed by atoms with Gasteiger partial charge in [-0.2, -0.15) is 0 Å². The van der Waals surface area contributed by atoms with E-state index in [0.717, 1.165) is 83.5 Å². The number of aliphatic hydroxyl groups excluding tert-OH is 3. The molecule has 6 amide bonds. The van der Waals surface area contributed by atoms with Crippen LogP contribution >= 0.6 is 7.82 Å². The molecule has 0 aromatic carbocycles. The smallest absolute Gasteiger partial charge is 0.756 e. The third-order valence-corrected chi connectivity index (χ3v) is 15.7. The van der Waals surface area contributed by atoms with Gasteiger partial charge in [-0.3, -0.25) is 48.2 Å². The fraction of sp³-hybridized carbons (Fsp3) is 0.864. The topological polar surface area (TPSA) is 416 Å². The van der Waals surface area contributed by atoms with Crippen LogP contribution in [0.2, 0.25) is 0 Å². The van der Waals surface area contributed by atoms with E-state index in [1.807, 2.05) is 0 Å². The fourth-order valence-electron chi connectivity index (χ4n) is 9.63. The first-order valence-corrected chi connectivity index (χ1v) is 32.9. The summed E-state index contributed by atoms with van der Waals surface area (Å²) in [7, 11) is -5.38. The summed E-state index contributed by atoms with van der Waals surface area (Å²) in [5.74, 6) is -6.98. The van der Waals surface area contributed by atoms with Crippen LogP contribution in [-0.2, 0) is 70.9 Å². The molecule has 87 heavy (non-hydrogen) atoms. The van der Waals surface area contributed by atoms with Crippen molar-refractivity contribution < 1.29 is 126 Å². The summed E-state index contributed by atoms with van der Waals surface area (Å²) in [6.07, 6.45) is 18.5. The molecule has 11 unspecified atom stereocenters. The summed E-state index contributed by atoms with van der Waals surface area (Å²) >= 11 is 0. The number of hydrogen-bond acceptors (Lipinski definition) is 20. The van der Waals surface area contributed by atoms with Gasteiger partial charge in [0.1, 0.15) is 49.1 Å². The standard InChI is InChI=1S/C59H109N6O19P.Na.H2O/c1-7-9-11-13-15-17-19-21-23-25-27-29-31-33-50(69)79-40-46(83-51(70)34-32-30-28-26-24-22-20-18-16-14-12-10-8-2)41-81-85(77,78)80-38-37-65(43(4)56(73)64-57(74)47(35-36-49(61)68)63-55(72)42(3)60)58(75)44(5)82-54-52(62-45(6)67)59(76)84-48(39-66)53(54)71;;/h42-44,46-48,52-54,59,66,71,76H,7-41,60H2,1-6H3,(H2,61,68)(H,62,67)(H,63,72)(H,77,78)(H,64,73,74);;1H2/q;+1;/p-1. The number of phosphoric ester groups is 1. The van der Waals surface area contributed by atoms with E-state index in [1.54, 1.807) is 0 Å². The number of amides is 6. The first-order valence-electron chi connectivity index (χ1n) is 31.5. The first kappa shape index (κ1) is 85.9. The summed E-state index contributed by atoms with van der Waals surface area (Å²) in [4.78, 5) is 118. The zero-order valence-electron chi connectivity index (χ0n) is 53.4. The predicted molar refractivity (Wildman–Crippen MR) is 319 cm³/mol. The van der Waals surface area contributed by atoms with Crippen molar-refractivity contribution in [2.75, 3.05) is 33.0 Å². The SMILES string of the molecule is CCCCCCCCCCCCCCCC(=O)OCC(COP(=O)([O-])OCCN(C(=O)C(C)OC1C(O)C(CO)OC(O)C1NC(C)=O)C(C)C(=O)NC(=O)C(CCC(N)=O)NC(=O)C(C)N)OC(=O)CCCCCCCCCCCCCCC.O.[Na+]. The maximum Gasteiger partial charge on any atom is 1.00 e. The second kappa shape index (κ2) is 51.4. The van der Waals surface area contributed by atoms with Gasteiger partial charge >= 0.3 is 41.5 Å². The Morgan fingerprint density at radius 2 is 1.15 bits per heavy atom. The van der Waals surface area contributed by atoms with E-state index in [-0.39, 0.29) is 54.3 Å². The maximum atomic E-state index is 14.3. The number of unbranched alkanes of at least 4 members (excludes halogenated alkanes) is 24. The summed E-state index contributed by atoms with van der Waals surface area (Å²) in [6.45, 7) is 5.31. The Kier molecular flexibility index (Phi) is 50.7. The third-order valence-electron chi connectivity index (χ3n) is 14.8. The number of carbonyl (C=O) groups excluding carboxylic acids is 8. The molecule has 0 radical (unpaired) electrons. The molecule has 0 saturated carbocycles. The van der Waals surface area contributed by atoms with Crippen molar-refractivity contribution in [1.82, 2.24) is 20.9 Å². The van der Waals surface area contributed by atoms with Crippen molar-refractivity contribution in [2.45, 2.75) is 295 Å². The van der Waals surface area contributed by atoms with Gasteiger partial charge in [0.25, 0.3) is 13.7 Å². The summed E-state index contributed by atoms with van der Waals surface area (Å²) in [5.41, 5.74) is 10.9. The number of rotatable bonds is 51. The molecule has 1 aliphatic heterocycles. The maximum absolute atomic E-state index is 14.3. The number of carbonyl (C=O) groups is 8. The van der Waals surface area contributed by atoms with E-state index in [4.69, 9.17) is 39.5 Å². The number of ether oxygens (including phenoxy) is 4. The van der Waals surface area contributed by atoms with Crippen LogP contribution in [0.4, 0.5) is 0 Å². The van der Waals surface area contributed by atoms with Crippen molar-refractivity contribution in [3.63, 3.8) is 0 Å². The number of nitrogens with one attached hydrogen (secondary N) is 3. The molecule has 28 heteroatoms. The Morgan fingerprint density at radius 3 is 1.60 bits per heavy atom. The zero-order valence-corrected chi connectivity index (χ0v) is 56.3. The van der Waals surface area contributed by atoms with Gasteiger partial charge < -0.3 is 80.7 Å². The average molecular weight is 1280 g/mol. The largest absolute Gasteiger partial charge is 1.00 e. The first-order chi connectivity index (χ1) is 40.5. The molecule has 1 saturated heterocycles. The molecule has 502 valence electrons. The molecule has 0 aromatic rings. The van der Waals surface area contributed by atoms with Crippen molar-refractivity contribution in [1.29, 1.82) is 0 Å². The second-order valence-corrected chi connectivity index (χ2v) is 23.9. The number of hydrogen-bond donors (Lipinski definition) is 8. The molecule has 1 aliphatic rings. The second-order valence-electron chi connectivity index (χ2n) is 22.5. The van der Waals surface area contributed by atoms with Gasteiger partial charge in [0, 0.05) is 32.7 Å². The summed E-state index contributed by atoms with van der Waals surface area (Å²) < 4.78 is 45.8. The molecule has 0 spiro atoms. The van der Waals surface area contributed by atoms with Gasteiger partial charge in [0.15, 0.2) is 12.4 Å². The van der Waals surface area contributed by atoms with Crippen LogP contribution in [0.25, 0.3) is 0 Å². The Balaban J connectivity index is 0. The van der Waals surface area contributed by atoms with E-state index >= 15 is 0 Å². The number of phosphoric acid groups is 1. The summed E-state index contributed by atoms with van der Waals surface area (Å²) in [6, 6.07) is -5.80. The number of imide groups is 1. The van der Waals surface area contributed by atoms with E-state index in [9.17, 15) is 63.1 Å². The van der Waals surface area contributed by atoms with Crippen LogP contribution < -0.4 is 61.9 Å². The normalized spacial score (nSPS) is 18.9.